The van der Waals surface area contributed by atoms with Crippen LogP contribution < -0.4 is 10.6 Å². The fraction of sp³-hybridized carbons (Fsp3) is 0.333. The molecule has 0 bridgehead atoms. The number of ether oxygens (including phenoxy) is 1. The lowest BCUT2D eigenvalue weighted by Gasteiger charge is -2.12. The van der Waals surface area contributed by atoms with Gasteiger partial charge in [0.25, 0.3) is 0 Å². The number of hydrogen-bond acceptors (Lipinski definition) is 3. The molecule has 0 spiro atoms. The minimum Gasteiger partial charge on any atom is -0.469 e. The highest BCUT2D eigenvalue weighted by Gasteiger charge is 2.07. The van der Waals surface area contributed by atoms with Crippen molar-refractivity contribution in [3.63, 3.8) is 0 Å². The Bertz CT molecular complexity index is 449. The molecule has 7 heteroatoms. The number of thiocarbonyl (C=S) groups is 1. The molecule has 19 heavy (non-hydrogen) atoms. The minimum absolute atomic E-state index is 0.241. The second kappa shape index (κ2) is 8.19. The number of carbonyl (C=O) groups excluding carboxylic acids is 1. The van der Waals surface area contributed by atoms with Gasteiger partial charge in [-0.05, 0) is 30.8 Å². The van der Waals surface area contributed by atoms with Crippen molar-refractivity contribution in [3.05, 3.63) is 28.2 Å². The van der Waals surface area contributed by atoms with Gasteiger partial charge in [0.1, 0.15) is 0 Å². The summed E-state index contributed by atoms with van der Waals surface area (Å²) in [6.45, 7) is 0.559. The van der Waals surface area contributed by atoms with E-state index in [1.54, 1.807) is 18.2 Å². The maximum absolute atomic E-state index is 10.9. The van der Waals surface area contributed by atoms with E-state index in [2.05, 4.69) is 15.4 Å². The molecule has 0 aliphatic heterocycles. The van der Waals surface area contributed by atoms with E-state index in [4.69, 9.17) is 35.4 Å². The first kappa shape index (κ1) is 16.0. The number of halogens is 2. The fourth-order valence-electron chi connectivity index (χ4n) is 1.31. The highest BCUT2D eigenvalue weighted by Crippen LogP contribution is 2.29. The summed E-state index contributed by atoms with van der Waals surface area (Å²) >= 11 is 17.1. The van der Waals surface area contributed by atoms with E-state index in [9.17, 15) is 4.79 Å². The van der Waals surface area contributed by atoms with Crippen LogP contribution in [0.2, 0.25) is 10.0 Å². The van der Waals surface area contributed by atoms with Gasteiger partial charge in [-0.15, -0.1) is 0 Å². The van der Waals surface area contributed by atoms with Crippen molar-refractivity contribution in [1.82, 2.24) is 5.32 Å². The van der Waals surface area contributed by atoms with Gasteiger partial charge in [0, 0.05) is 13.0 Å². The van der Waals surface area contributed by atoms with Crippen molar-refractivity contribution in [2.45, 2.75) is 12.8 Å². The van der Waals surface area contributed by atoms with Gasteiger partial charge >= 0.3 is 5.97 Å². The topological polar surface area (TPSA) is 50.4 Å². The second-order valence-corrected chi connectivity index (χ2v) is 4.88. The van der Waals surface area contributed by atoms with Crippen LogP contribution in [0, 0.1) is 0 Å². The zero-order valence-corrected chi connectivity index (χ0v) is 12.7. The predicted molar refractivity (Wildman–Crippen MR) is 81.9 cm³/mol. The number of anilines is 1. The molecule has 0 radical (unpaired) electrons. The molecule has 0 saturated heterocycles. The van der Waals surface area contributed by atoms with E-state index in [-0.39, 0.29) is 5.97 Å². The summed E-state index contributed by atoms with van der Waals surface area (Å²) in [6.07, 6.45) is 0.976. The number of methoxy groups -OCH3 is 1. The molecule has 0 atom stereocenters. The van der Waals surface area contributed by atoms with Gasteiger partial charge < -0.3 is 15.4 Å². The Morgan fingerprint density at radius 3 is 2.58 bits per heavy atom. The lowest BCUT2D eigenvalue weighted by molar-refractivity contribution is -0.140. The monoisotopic (exact) mass is 320 g/mol. The van der Waals surface area contributed by atoms with Crippen LogP contribution in [0.4, 0.5) is 5.69 Å². The molecule has 1 aromatic rings. The Balaban J connectivity index is 2.37. The highest BCUT2D eigenvalue weighted by molar-refractivity contribution is 7.80. The van der Waals surface area contributed by atoms with Gasteiger partial charge in [0.05, 0.1) is 22.8 Å². The Labute approximate surface area is 127 Å². The SMILES string of the molecule is COC(=O)CCCNC(=S)Nc1c(Cl)cccc1Cl. The van der Waals surface area contributed by atoms with Gasteiger partial charge in [-0.25, -0.2) is 0 Å². The van der Waals surface area contributed by atoms with Crippen LogP contribution in [0.15, 0.2) is 18.2 Å². The Morgan fingerprint density at radius 2 is 2.00 bits per heavy atom. The molecule has 4 nitrogen and oxygen atoms in total. The molecule has 1 rings (SSSR count). The van der Waals surface area contributed by atoms with Gasteiger partial charge in [-0.1, -0.05) is 29.3 Å². The van der Waals surface area contributed by atoms with Crippen molar-refractivity contribution in [1.29, 1.82) is 0 Å². The van der Waals surface area contributed by atoms with Crippen molar-refractivity contribution in [3.8, 4) is 0 Å². The molecule has 0 aromatic heterocycles. The lowest BCUT2D eigenvalue weighted by Crippen LogP contribution is -2.29. The molecule has 2 N–H and O–H groups in total. The molecular weight excluding hydrogens is 307 g/mol. The van der Waals surface area contributed by atoms with Crippen molar-refractivity contribution in [2.75, 3.05) is 19.0 Å². The first-order chi connectivity index (χ1) is 9.04. The molecule has 0 aliphatic rings. The number of rotatable bonds is 5. The van der Waals surface area contributed by atoms with Crippen LogP contribution in [0.25, 0.3) is 0 Å². The van der Waals surface area contributed by atoms with Crippen LogP contribution in [0.1, 0.15) is 12.8 Å². The first-order valence-electron chi connectivity index (χ1n) is 5.60. The summed E-state index contributed by atoms with van der Waals surface area (Å²) in [7, 11) is 1.36. The normalized spacial score (nSPS) is 9.84. The Kier molecular flexibility index (Phi) is 6.91. The van der Waals surface area contributed by atoms with Crippen molar-refractivity contribution in [2.24, 2.45) is 0 Å². The zero-order chi connectivity index (χ0) is 14.3. The maximum atomic E-state index is 10.9. The van der Waals surface area contributed by atoms with Gasteiger partial charge in [0.15, 0.2) is 5.11 Å². The fourth-order valence-corrected chi connectivity index (χ4v) is 2.01. The molecule has 0 fully saturated rings. The highest BCUT2D eigenvalue weighted by atomic mass is 35.5. The standard InChI is InChI=1S/C12H14Cl2N2O2S/c1-18-10(17)6-3-7-15-12(19)16-11-8(13)4-2-5-9(11)14/h2,4-5H,3,6-7H2,1H3,(H2,15,16,19). The van der Waals surface area contributed by atoms with E-state index in [1.807, 2.05) is 0 Å². The van der Waals surface area contributed by atoms with Crippen molar-refractivity contribution >= 4 is 52.2 Å². The molecule has 104 valence electrons. The third-order valence-corrected chi connectivity index (χ3v) is 3.15. The Hall–Kier alpha value is -1.04. The van der Waals surface area contributed by atoms with Crippen LogP contribution in [-0.2, 0) is 9.53 Å². The molecule has 0 aliphatic carbocycles. The minimum atomic E-state index is -0.241. The smallest absolute Gasteiger partial charge is 0.305 e. The average molecular weight is 321 g/mol. The predicted octanol–water partition coefficient (Wildman–Crippen LogP) is 3.23. The summed E-state index contributed by atoms with van der Waals surface area (Å²) in [4.78, 5) is 10.9. The summed E-state index contributed by atoms with van der Waals surface area (Å²) in [5.74, 6) is -0.241. The van der Waals surface area contributed by atoms with Crippen LogP contribution in [0.5, 0.6) is 0 Å². The van der Waals surface area contributed by atoms with E-state index >= 15 is 0 Å². The van der Waals surface area contributed by atoms with E-state index in [1.165, 1.54) is 7.11 Å². The molecule has 0 saturated carbocycles. The lowest BCUT2D eigenvalue weighted by atomic mass is 10.3. The molecule has 0 unspecified atom stereocenters. The van der Waals surface area contributed by atoms with Crippen LogP contribution in [0.3, 0.4) is 0 Å². The molecule has 0 heterocycles. The van der Waals surface area contributed by atoms with Crippen molar-refractivity contribution < 1.29 is 9.53 Å². The molecular formula is C12H14Cl2N2O2S. The third kappa shape index (κ3) is 5.63. The average Bonchev–Trinajstić information content (AvgIpc) is 2.39. The summed E-state index contributed by atoms with van der Waals surface area (Å²) in [6, 6.07) is 5.19. The van der Waals surface area contributed by atoms with Gasteiger partial charge in [-0.2, -0.15) is 0 Å². The third-order valence-electron chi connectivity index (χ3n) is 2.27. The number of carbonyl (C=O) groups is 1. The van der Waals surface area contributed by atoms with Crippen LogP contribution >= 0.6 is 35.4 Å². The van der Waals surface area contributed by atoms with Gasteiger partial charge in [0.2, 0.25) is 0 Å². The molecule has 0 amide bonds. The van der Waals surface area contributed by atoms with Gasteiger partial charge in [-0.3, -0.25) is 4.79 Å². The second-order valence-electron chi connectivity index (χ2n) is 3.66. The summed E-state index contributed by atoms with van der Waals surface area (Å²) in [5.41, 5.74) is 0.566. The first-order valence-corrected chi connectivity index (χ1v) is 6.76. The number of esters is 1. The van der Waals surface area contributed by atoms with E-state index < -0.39 is 0 Å². The number of benzene rings is 1. The van der Waals surface area contributed by atoms with E-state index in [0.717, 1.165) is 0 Å². The summed E-state index contributed by atoms with van der Waals surface area (Å²) < 4.78 is 4.53. The zero-order valence-electron chi connectivity index (χ0n) is 10.3. The number of nitrogens with one attached hydrogen (secondary N) is 2. The molecule has 1 aromatic carbocycles. The van der Waals surface area contributed by atoms with Crippen LogP contribution in [-0.4, -0.2) is 24.7 Å². The number of hydrogen-bond donors (Lipinski definition) is 2. The van der Waals surface area contributed by atoms with E-state index in [0.29, 0.717) is 40.2 Å². The Morgan fingerprint density at radius 1 is 1.37 bits per heavy atom. The largest absolute Gasteiger partial charge is 0.469 e. The number of para-hydroxylation sites is 1. The maximum Gasteiger partial charge on any atom is 0.305 e. The quantitative estimate of drug-likeness (QED) is 0.495. The summed E-state index contributed by atoms with van der Waals surface area (Å²) in [5, 5.41) is 7.27.